The Hall–Kier alpha value is -2.57. The molecule has 3 fully saturated rings. The van der Waals surface area contributed by atoms with E-state index in [2.05, 4.69) is 71.0 Å². The summed E-state index contributed by atoms with van der Waals surface area (Å²) in [5.41, 5.74) is 2.30. The third kappa shape index (κ3) is 6.33. The summed E-state index contributed by atoms with van der Waals surface area (Å²) in [6.07, 6.45) is 4.65. The first-order valence-electron chi connectivity index (χ1n) is 14.9. The Morgan fingerprint density at radius 2 is 1.60 bits per heavy atom. The molecule has 2 aromatic carbocycles. The van der Waals surface area contributed by atoms with Crippen molar-refractivity contribution in [3.05, 3.63) is 65.7 Å². The zero-order valence-electron chi connectivity index (χ0n) is 24.4. The quantitative estimate of drug-likeness (QED) is 0.395. The summed E-state index contributed by atoms with van der Waals surface area (Å²) in [5, 5.41) is 0. The summed E-state index contributed by atoms with van der Waals surface area (Å²) in [6, 6.07) is 18.8. The van der Waals surface area contributed by atoms with Gasteiger partial charge in [0.15, 0.2) is 0 Å². The highest BCUT2D eigenvalue weighted by Crippen LogP contribution is 2.43. The summed E-state index contributed by atoms with van der Waals surface area (Å²) in [7, 11) is 1.67. The number of nitrogens with zero attached hydrogens (tertiary/aromatic N) is 3. The van der Waals surface area contributed by atoms with E-state index >= 15 is 0 Å². The molecule has 0 aliphatic carbocycles. The molecule has 2 unspecified atom stereocenters. The van der Waals surface area contributed by atoms with Gasteiger partial charge in [-0.25, -0.2) is 0 Å². The second-order valence-electron chi connectivity index (χ2n) is 11.9. The molecule has 3 aliphatic rings. The van der Waals surface area contributed by atoms with Crippen molar-refractivity contribution in [2.24, 2.45) is 17.3 Å². The van der Waals surface area contributed by atoms with E-state index in [1.807, 2.05) is 12.1 Å². The Balaban J connectivity index is 0.00000370. The number of methoxy groups -OCH3 is 1. The van der Waals surface area contributed by atoms with Crippen molar-refractivity contribution in [2.45, 2.75) is 58.4 Å². The van der Waals surface area contributed by atoms with Gasteiger partial charge in [-0.15, -0.1) is 12.4 Å². The van der Waals surface area contributed by atoms with E-state index < -0.39 is 0 Å². The number of hydrogen-bond donors (Lipinski definition) is 0. The normalized spacial score (nSPS) is 22.6. The van der Waals surface area contributed by atoms with Crippen molar-refractivity contribution in [1.82, 2.24) is 14.7 Å². The molecule has 0 N–H and O–H groups in total. The number of likely N-dealkylation sites (tertiary alicyclic amines) is 3. The summed E-state index contributed by atoms with van der Waals surface area (Å²) in [5.74, 6) is 2.43. The first kappa shape index (κ1) is 30.4. The van der Waals surface area contributed by atoms with Gasteiger partial charge in [-0.1, -0.05) is 56.3 Å². The maximum atomic E-state index is 13.6. The van der Waals surface area contributed by atoms with Crippen LogP contribution >= 0.6 is 12.4 Å². The molecular weight excluding hydrogens is 522 g/mol. The fourth-order valence-corrected chi connectivity index (χ4v) is 7.16. The van der Waals surface area contributed by atoms with Crippen LogP contribution in [0.5, 0.6) is 5.75 Å². The van der Waals surface area contributed by atoms with Crippen molar-refractivity contribution in [2.75, 3.05) is 46.4 Å². The molecule has 6 nitrogen and oxygen atoms in total. The summed E-state index contributed by atoms with van der Waals surface area (Å²) >= 11 is 0. The van der Waals surface area contributed by atoms with Crippen molar-refractivity contribution < 1.29 is 14.3 Å². The number of halogens is 1. The molecule has 7 heteroatoms. The topological polar surface area (TPSA) is 53.1 Å². The maximum Gasteiger partial charge on any atom is 0.229 e. The lowest BCUT2D eigenvalue weighted by Gasteiger charge is -2.39. The largest absolute Gasteiger partial charge is 0.497 e. The van der Waals surface area contributed by atoms with Crippen LogP contribution in [0.25, 0.3) is 0 Å². The van der Waals surface area contributed by atoms with Gasteiger partial charge in [0.2, 0.25) is 11.8 Å². The standard InChI is InChI=1S/C33H45N3O3.ClH/c1-4-26(5-2)31(37)36-23-28(30(24-36)27-9-7-6-8-10-27)22-34-18-15-33(16-19-34)17-20-35(32(33)38)21-25-11-13-29(39-3)14-12-25;/h6-14,26,28,30H,4-5,15-24H2,1-3H3;1H. The molecule has 0 saturated carbocycles. The van der Waals surface area contributed by atoms with Crippen LogP contribution in [-0.4, -0.2) is 72.9 Å². The van der Waals surface area contributed by atoms with Crippen LogP contribution in [0.2, 0.25) is 0 Å². The fourth-order valence-electron chi connectivity index (χ4n) is 7.16. The van der Waals surface area contributed by atoms with Crippen LogP contribution in [0.1, 0.15) is 63.0 Å². The Kier molecular flexibility index (Phi) is 10.2. The minimum absolute atomic E-state index is 0. The lowest BCUT2D eigenvalue weighted by molar-refractivity contribution is -0.139. The van der Waals surface area contributed by atoms with E-state index in [1.165, 1.54) is 5.56 Å². The number of ether oxygens (including phenoxy) is 1. The van der Waals surface area contributed by atoms with Crippen molar-refractivity contribution in [1.29, 1.82) is 0 Å². The van der Waals surface area contributed by atoms with Gasteiger partial charge >= 0.3 is 0 Å². The molecule has 3 aliphatic heterocycles. The highest BCUT2D eigenvalue weighted by atomic mass is 35.5. The van der Waals surface area contributed by atoms with E-state index in [0.717, 1.165) is 82.7 Å². The molecule has 2 atom stereocenters. The van der Waals surface area contributed by atoms with E-state index in [9.17, 15) is 9.59 Å². The summed E-state index contributed by atoms with van der Waals surface area (Å²) < 4.78 is 5.27. The molecule has 40 heavy (non-hydrogen) atoms. The Bertz CT molecular complexity index is 1110. The van der Waals surface area contributed by atoms with Gasteiger partial charge < -0.3 is 19.4 Å². The number of benzene rings is 2. The average Bonchev–Trinajstić information content (AvgIpc) is 3.53. The van der Waals surface area contributed by atoms with Crippen LogP contribution in [0, 0.1) is 17.3 Å². The molecule has 0 bridgehead atoms. The molecule has 5 rings (SSSR count). The number of carbonyl (C=O) groups is 2. The van der Waals surface area contributed by atoms with Crippen molar-refractivity contribution in [3.63, 3.8) is 0 Å². The van der Waals surface area contributed by atoms with E-state index in [-0.39, 0.29) is 23.7 Å². The molecule has 0 radical (unpaired) electrons. The van der Waals surface area contributed by atoms with Gasteiger partial charge in [0.25, 0.3) is 0 Å². The lowest BCUT2D eigenvalue weighted by atomic mass is 9.76. The molecule has 218 valence electrons. The highest BCUT2D eigenvalue weighted by Gasteiger charge is 2.48. The zero-order valence-corrected chi connectivity index (χ0v) is 25.2. The van der Waals surface area contributed by atoms with Crippen molar-refractivity contribution >= 4 is 24.2 Å². The second-order valence-corrected chi connectivity index (χ2v) is 11.9. The minimum Gasteiger partial charge on any atom is -0.497 e. The van der Waals surface area contributed by atoms with Crippen molar-refractivity contribution in [3.8, 4) is 5.75 Å². The molecule has 3 saturated heterocycles. The van der Waals surface area contributed by atoms with Gasteiger partial charge in [0, 0.05) is 44.6 Å². The number of hydrogen-bond acceptors (Lipinski definition) is 4. The average molecular weight is 568 g/mol. The van der Waals surface area contributed by atoms with E-state index in [1.54, 1.807) is 7.11 Å². The Morgan fingerprint density at radius 3 is 2.23 bits per heavy atom. The van der Waals surface area contributed by atoms with Gasteiger partial charge in [0.05, 0.1) is 12.5 Å². The highest BCUT2D eigenvalue weighted by molar-refractivity contribution is 5.85. The monoisotopic (exact) mass is 567 g/mol. The Labute approximate surface area is 246 Å². The first-order valence-corrected chi connectivity index (χ1v) is 14.9. The number of rotatable bonds is 9. The van der Waals surface area contributed by atoms with E-state index in [4.69, 9.17) is 4.74 Å². The summed E-state index contributed by atoms with van der Waals surface area (Å²) in [4.78, 5) is 33.6. The van der Waals surface area contributed by atoms with Gasteiger partial charge in [-0.3, -0.25) is 9.59 Å². The summed E-state index contributed by atoms with van der Waals surface area (Å²) in [6.45, 7) is 10.3. The smallest absolute Gasteiger partial charge is 0.229 e. The molecular formula is C33H46ClN3O3. The second kappa shape index (κ2) is 13.4. The molecule has 2 amide bonds. The predicted molar refractivity (Wildman–Crippen MR) is 162 cm³/mol. The zero-order chi connectivity index (χ0) is 27.4. The molecule has 1 spiro atoms. The third-order valence-corrected chi connectivity index (χ3v) is 9.75. The SMILES string of the molecule is CCC(CC)C(=O)N1CC(CN2CCC3(CC2)CCN(Cc2ccc(OC)cc2)C3=O)C(c2ccccc2)C1.Cl. The number of piperidine rings is 1. The van der Waals surface area contributed by atoms with Gasteiger partial charge in [-0.05, 0) is 74.4 Å². The number of carbonyl (C=O) groups excluding carboxylic acids is 2. The lowest BCUT2D eigenvalue weighted by Crippen LogP contribution is -2.46. The number of amides is 2. The van der Waals surface area contributed by atoms with Crippen LogP contribution < -0.4 is 4.74 Å². The van der Waals surface area contributed by atoms with E-state index in [0.29, 0.717) is 30.2 Å². The molecule has 2 aromatic rings. The van der Waals surface area contributed by atoms with Gasteiger partial charge in [-0.2, -0.15) is 0 Å². The molecule has 3 heterocycles. The van der Waals surface area contributed by atoms with Crippen LogP contribution in [0.15, 0.2) is 54.6 Å². The van der Waals surface area contributed by atoms with Crippen LogP contribution in [0.4, 0.5) is 0 Å². The Morgan fingerprint density at radius 1 is 0.950 bits per heavy atom. The third-order valence-electron chi connectivity index (χ3n) is 9.75. The van der Waals surface area contributed by atoms with Crippen LogP contribution in [-0.2, 0) is 16.1 Å². The minimum atomic E-state index is -0.199. The fraction of sp³-hybridized carbons (Fsp3) is 0.576. The predicted octanol–water partition coefficient (Wildman–Crippen LogP) is 5.61. The molecule has 0 aromatic heterocycles. The maximum absolute atomic E-state index is 13.6. The van der Waals surface area contributed by atoms with Crippen LogP contribution in [0.3, 0.4) is 0 Å². The van der Waals surface area contributed by atoms with Gasteiger partial charge in [0.1, 0.15) is 5.75 Å². The first-order chi connectivity index (χ1) is 19.0.